The number of aliphatic imine (C=N–C) groups is 1. The van der Waals surface area contributed by atoms with E-state index < -0.39 is 5.82 Å². The molecule has 5 heteroatoms. The van der Waals surface area contributed by atoms with E-state index in [1.54, 1.807) is 36.0 Å². The van der Waals surface area contributed by atoms with E-state index in [9.17, 15) is 9.18 Å². The molecule has 16 heavy (non-hydrogen) atoms. The Morgan fingerprint density at radius 2 is 2.31 bits per heavy atom. The first-order valence-corrected chi connectivity index (χ1v) is 4.60. The Kier molecular flexibility index (Phi) is 2.62. The Morgan fingerprint density at radius 3 is 2.88 bits per heavy atom. The van der Waals surface area contributed by atoms with Gasteiger partial charge in [-0.1, -0.05) is 0 Å². The fraction of sp³-hybridized carbons (Fsp3) is 0.0909. The van der Waals surface area contributed by atoms with Gasteiger partial charge in [0.25, 0.3) is 0 Å². The molecule has 4 nitrogen and oxygen atoms in total. The van der Waals surface area contributed by atoms with Crippen LogP contribution >= 0.6 is 0 Å². The second kappa shape index (κ2) is 4.08. The molecule has 0 spiro atoms. The largest absolute Gasteiger partial charge is 0.301 e. The lowest BCUT2D eigenvalue weighted by atomic mass is 10.2. The zero-order chi connectivity index (χ0) is 11.5. The van der Waals surface area contributed by atoms with Gasteiger partial charge < -0.3 is 4.57 Å². The summed E-state index contributed by atoms with van der Waals surface area (Å²) in [5, 5.41) is 0. The van der Waals surface area contributed by atoms with Gasteiger partial charge in [0.2, 0.25) is 6.08 Å². The first-order chi connectivity index (χ1) is 7.72. The molecule has 0 bridgehead atoms. The number of hydrogen-bond donors (Lipinski definition) is 0. The first-order valence-electron chi connectivity index (χ1n) is 4.60. The molecule has 0 aliphatic carbocycles. The van der Waals surface area contributed by atoms with Crippen LogP contribution in [0.4, 0.5) is 10.1 Å². The molecular weight excluding hydrogens is 209 g/mol. The molecule has 80 valence electrons. The Morgan fingerprint density at radius 1 is 1.50 bits per heavy atom. The normalized spacial score (nSPS) is 9.88. The van der Waals surface area contributed by atoms with E-state index in [-0.39, 0.29) is 5.69 Å². The third kappa shape index (κ3) is 1.76. The molecule has 0 amide bonds. The highest BCUT2D eigenvalue weighted by molar-refractivity contribution is 5.52. The van der Waals surface area contributed by atoms with Crippen LogP contribution in [0.1, 0.15) is 5.82 Å². The standard InChI is InChI=1S/C11H8FN3O/c1-8-13-4-5-15(8)11-3-2-9(14-7-16)6-10(11)12/h2-6H,1H3. The first kappa shape index (κ1) is 10.3. The van der Waals surface area contributed by atoms with Crippen molar-refractivity contribution in [3.05, 3.63) is 42.2 Å². The quantitative estimate of drug-likeness (QED) is 0.572. The van der Waals surface area contributed by atoms with Crippen molar-refractivity contribution in [2.24, 2.45) is 4.99 Å². The summed E-state index contributed by atoms with van der Waals surface area (Å²) < 4.78 is 15.3. The fourth-order valence-electron chi connectivity index (χ4n) is 1.45. The highest BCUT2D eigenvalue weighted by Gasteiger charge is 2.07. The van der Waals surface area contributed by atoms with E-state index in [1.165, 1.54) is 12.1 Å². The van der Waals surface area contributed by atoms with Crippen LogP contribution in [0.25, 0.3) is 5.69 Å². The lowest BCUT2D eigenvalue weighted by Crippen LogP contribution is -1.98. The Labute approximate surface area is 91.1 Å². The molecule has 0 unspecified atom stereocenters. The van der Waals surface area contributed by atoms with Crippen LogP contribution < -0.4 is 0 Å². The number of isocyanates is 1. The topological polar surface area (TPSA) is 47.2 Å². The second-order valence-electron chi connectivity index (χ2n) is 3.18. The Bertz CT molecular complexity index is 570. The molecule has 0 radical (unpaired) electrons. The zero-order valence-corrected chi connectivity index (χ0v) is 8.51. The molecule has 0 atom stereocenters. The van der Waals surface area contributed by atoms with Crippen molar-refractivity contribution in [3.8, 4) is 5.69 Å². The van der Waals surface area contributed by atoms with Crippen molar-refractivity contribution in [2.75, 3.05) is 0 Å². The minimum atomic E-state index is -0.461. The monoisotopic (exact) mass is 217 g/mol. The summed E-state index contributed by atoms with van der Waals surface area (Å²) in [6.45, 7) is 1.77. The third-order valence-corrected chi connectivity index (χ3v) is 2.19. The molecule has 0 aliphatic heterocycles. The number of aryl methyl sites for hydroxylation is 1. The fourth-order valence-corrected chi connectivity index (χ4v) is 1.45. The number of nitrogens with zero attached hydrogens (tertiary/aromatic N) is 3. The van der Waals surface area contributed by atoms with Gasteiger partial charge in [-0.05, 0) is 19.1 Å². The Balaban J connectivity index is 2.52. The predicted molar refractivity (Wildman–Crippen MR) is 56.0 cm³/mol. The molecule has 2 aromatic rings. The minimum Gasteiger partial charge on any atom is -0.301 e. The van der Waals surface area contributed by atoms with E-state index in [1.807, 2.05) is 0 Å². The molecule has 2 rings (SSSR count). The summed E-state index contributed by atoms with van der Waals surface area (Å²) in [7, 11) is 0. The van der Waals surface area contributed by atoms with E-state index in [4.69, 9.17) is 0 Å². The number of imidazole rings is 1. The van der Waals surface area contributed by atoms with Gasteiger partial charge in [0.1, 0.15) is 11.6 Å². The van der Waals surface area contributed by atoms with E-state index >= 15 is 0 Å². The summed E-state index contributed by atoms with van der Waals surface area (Å²) in [6.07, 6.45) is 4.62. The number of carbonyl (C=O) groups excluding carboxylic acids is 1. The summed E-state index contributed by atoms with van der Waals surface area (Å²) in [4.78, 5) is 17.4. The Hall–Kier alpha value is -2.26. The van der Waals surface area contributed by atoms with Gasteiger partial charge in [-0.25, -0.2) is 14.2 Å². The van der Waals surface area contributed by atoms with Crippen molar-refractivity contribution in [3.63, 3.8) is 0 Å². The molecule has 0 aliphatic rings. The molecular formula is C11H8FN3O. The zero-order valence-electron chi connectivity index (χ0n) is 8.51. The third-order valence-electron chi connectivity index (χ3n) is 2.19. The van der Waals surface area contributed by atoms with Gasteiger partial charge in [0, 0.05) is 18.5 Å². The lowest BCUT2D eigenvalue weighted by molar-refractivity contribution is 0.565. The lowest BCUT2D eigenvalue weighted by Gasteiger charge is -2.06. The van der Waals surface area contributed by atoms with Gasteiger partial charge in [0.15, 0.2) is 0 Å². The van der Waals surface area contributed by atoms with Crippen molar-refractivity contribution < 1.29 is 9.18 Å². The summed E-state index contributed by atoms with van der Waals surface area (Å²) in [5.74, 6) is 0.225. The maximum atomic E-state index is 13.7. The van der Waals surface area contributed by atoms with Crippen LogP contribution in [0.5, 0.6) is 0 Å². The molecule has 1 heterocycles. The summed E-state index contributed by atoms with van der Waals surface area (Å²) >= 11 is 0. The van der Waals surface area contributed by atoms with Crippen molar-refractivity contribution in [1.82, 2.24) is 9.55 Å². The number of aromatic nitrogens is 2. The van der Waals surface area contributed by atoms with Crippen LogP contribution in [-0.2, 0) is 4.79 Å². The highest BCUT2D eigenvalue weighted by Crippen LogP contribution is 2.20. The number of halogens is 1. The molecule has 0 fully saturated rings. The maximum Gasteiger partial charge on any atom is 0.240 e. The highest BCUT2D eigenvalue weighted by atomic mass is 19.1. The summed E-state index contributed by atoms with van der Waals surface area (Å²) in [5.41, 5.74) is 0.619. The second-order valence-corrected chi connectivity index (χ2v) is 3.18. The molecule has 0 N–H and O–H groups in total. The SMILES string of the molecule is Cc1nccn1-c1ccc(N=C=O)cc1F. The van der Waals surface area contributed by atoms with Gasteiger partial charge in [-0.3, -0.25) is 0 Å². The van der Waals surface area contributed by atoms with Gasteiger partial charge in [-0.2, -0.15) is 4.99 Å². The maximum absolute atomic E-state index is 13.7. The minimum absolute atomic E-state index is 0.244. The van der Waals surface area contributed by atoms with Crippen molar-refractivity contribution in [2.45, 2.75) is 6.92 Å². The number of hydrogen-bond acceptors (Lipinski definition) is 3. The smallest absolute Gasteiger partial charge is 0.240 e. The van der Waals surface area contributed by atoms with Crippen molar-refractivity contribution in [1.29, 1.82) is 0 Å². The molecule has 0 saturated carbocycles. The predicted octanol–water partition coefficient (Wildman–Crippen LogP) is 2.29. The van der Waals surface area contributed by atoms with Crippen molar-refractivity contribution >= 4 is 11.8 Å². The molecule has 1 aromatic heterocycles. The van der Waals surface area contributed by atoms with Crippen LogP contribution in [-0.4, -0.2) is 15.6 Å². The van der Waals surface area contributed by atoms with Gasteiger partial charge >= 0.3 is 0 Å². The van der Waals surface area contributed by atoms with E-state index in [2.05, 4.69) is 9.98 Å². The molecule has 0 saturated heterocycles. The number of benzene rings is 1. The van der Waals surface area contributed by atoms with Gasteiger partial charge in [0.05, 0.1) is 11.4 Å². The average Bonchev–Trinajstić information content (AvgIpc) is 2.65. The number of rotatable bonds is 2. The van der Waals surface area contributed by atoms with Crippen LogP contribution in [0.15, 0.2) is 35.6 Å². The van der Waals surface area contributed by atoms with E-state index in [0.29, 0.717) is 11.5 Å². The summed E-state index contributed by atoms with van der Waals surface area (Å²) in [6, 6.07) is 4.27. The van der Waals surface area contributed by atoms with E-state index in [0.717, 1.165) is 0 Å². The van der Waals surface area contributed by atoms with Crippen LogP contribution in [0.2, 0.25) is 0 Å². The average molecular weight is 217 g/mol. The van der Waals surface area contributed by atoms with Crippen LogP contribution in [0, 0.1) is 12.7 Å². The van der Waals surface area contributed by atoms with Gasteiger partial charge in [-0.15, -0.1) is 0 Å². The van der Waals surface area contributed by atoms with Crippen LogP contribution in [0.3, 0.4) is 0 Å². The molecule has 1 aromatic carbocycles.